The zero-order valence-electron chi connectivity index (χ0n) is 9.27. The molecule has 0 radical (unpaired) electrons. The SMILES string of the molecule is CCCC(C)C(N)Cc1ncnn1C. The van der Waals surface area contributed by atoms with Crippen molar-refractivity contribution in [1.82, 2.24) is 14.8 Å². The summed E-state index contributed by atoms with van der Waals surface area (Å²) in [6, 6.07) is 0.192. The van der Waals surface area contributed by atoms with Gasteiger partial charge in [0.1, 0.15) is 12.2 Å². The molecule has 0 saturated carbocycles. The summed E-state index contributed by atoms with van der Waals surface area (Å²) in [6.45, 7) is 4.38. The lowest BCUT2D eigenvalue weighted by atomic mass is 9.95. The normalized spacial score (nSPS) is 15.4. The van der Waals surface area contributed by atoms with Crippen LogP contribution in [0.25, 0.3) is 0 Å². The van der Waals surface area contributed by atoms with Gasteiger partial charge in [-0.25, -0.2) is 4.98 Å². The van der Waals surface area contributed by atoms with E-state index in [2.05, 4.69) is 23.9 Å². The molecule has 1 rings (SSSR count). The van der Waals surface area contributed by atoms with E-state index in [-0.39, 0.29) is 6.04 Å². The van der Waals surface area contributed by atoms with Gasteiger partial charge in [-0.3, -0.25) is 4.68 Å². The van der Waals surface area contributed by atoms with E-state index in [1.54, 1.807) is 11.0 Å². The Kier molecular flexibility index (Phi) is 4.07. The van der Waals surface area contributed by atoms with Crippen molar-refractivity contribution in [2.75, 3.05) is 0 Å². The van der Waals surface area contributed by atoms with Crippen molar-refractivity contribution in [3.8, 4) is 0 Å². The fraction of sp³-hybridized carbons (Fsp3) is 0.800. The molecule has 2 unspecified atom stereocenters. The topological polar surface area (TPSA) is 56.7 Å². The van der Waals surface area contributed by atoms with Crippen LogP contribution in [0.15, 0.2) is 6.33 Å². The standard InChI is InChI=1S/C10H20N4/c1-4-5-8(2)9(11)6-10-12-7-13-14(10)3/h7-9H,4-6,11H2,1-3H3. The highest BCUT2D eigenvalue weighted by Gasteiger charge is 2.14. The molecule has 2 N–H and O–H groups in total. The molecule has 1 aromatic rings. The molecule has 4 nitrogen and oxygen atoms in total. The Bertz CT molecular complexity index is 269. The minimum Gasteiger partial charge on any atom is -0.327 e. The zero-order valence-corrected chi connectivity index (χ0v) is 9.27. The van der Waals surface area contributed by atoms with Crippen molar-refractivity contribution in [3.05, 3.63) is 12.2 Å². The number of aryl methyl sites for hydroxylation is 1. The fourth-order valence-corrected chi connectivity index (χ4v) is 1.59. The first-order valence-electron chi connectivity index (χ1n) is 5.23. The summed E-state index contributed by atoms with van der Waals surface area (Å²) < 4.78 is 1.79. The maximum atomic E-state index is 6.08. The lowest BCUT2D eigenvalue weighted by Crippen LogP contribution is -2.31. The predicted molar refractivity (Wildman–Crippen MR) is 56.8 cm³/mol. The van der Waals surface area contributed by atoms with Crippen LogP contribution < -0.4 is 5.73 Å². The lowest BCUT2D eigenvalue weighted by Gasteiger charge is -2.18. The number of hydrogen-bond donors (Lipinski definition) is 1. The molecule has 80 valence electrons. The molecule has 0 aliphatic rings. The summed E-state index contributed by atoms with van der Waals surface area (Å²) >= 11 is 0. The van der Waals surface area contributed by atoms with Gasteiger partial charge < -0.3 is 5.73 Å². The molecule has 0 aliphatic carbocycles. The quantitative estimate of drug-likeness (QED) is 0.767. The van der Waals surface area contributed by atoms with Crippen molar-refractivity contribution < 1.29 is 0 Å². The van der Waals surface area contributed by atoms with E-state index in [1.807, 2.05) is 7.05 Å². The molecule has 0 spiro atoms. The molecule has 0 amide bonds. The minimum absolute atomic E-state index is 0.192. The van der Waals surface area contributed by atoms with E-state index < -0.39 is 0 Å². The monoisotopic (exact) mass is 196 g/mol. The van der Waals surface area contributed by atoms with Gasteiger partial charge in [0, 0.05) is 19.5 Å². The molecule has 0 saturated heterocycles. The third-order valence-corrected chi connectivity index (χ3v) is 2.70. The maximum Gasteiger partial charge on any atom is 0.138 e. The van der Waals surface area contributed by atoms with E-state index in [0.717, 1.165) is 12.2 Å². The lowest BCUT2D eigenvalue weighted by molar-refractivity contribution is 0.410. The summed E-state index contributed by atoms with van der Waals surface area (Å²) in [5.74, 6) is 1.53. The molecule has 4 heteroatoms. The van der Waals surface area contributed by atoms with Gasteiger partial charge in [-0.2, -0.15) is 5.10 Å². The van der Waals surface area contributed by atoms with Crippen LogP contribution in [-0.2, 0) is 13.5 Å². The molecule has 1 heterocycles. The van der Waals surface area contributed by atoms with Crippen LogP contribution in [0.5, 0.6) is 0 Å². The number of rotatable bonds is 5. The second kappa shape index (κ2) is 5.10. The summed E-state index contributed by atoms with van der Waals surface area (Å²) in [5.41, 5.74) is 6.08. The first kappa shape index (κ1) is 11.2. The number of nitrogens with zero attached hydrogens (tertiary/aromatic N) is 3. The molecule has 14 heavy (non-hydrogen) atoms. The van der Waals surface area contributed by atoms with Gasteiger partial charge in [-0.1, -0.05) is 20.3 Å². The molecule has 2 atom stereocenters. The number of hydrogen-bond acceptors (Lipinski definition) is 3. The van der Waals surface area contributed by atoms with Crippen LogP contribution in [0.2, 0.25) is 0 Å². The zero-order chi connectivity index (χ0) is 10.6. The largest absolute Gasteiger partial charge is 0.327 e. The van der Waals surface area contributed by atoms with Crippen LogP contribution in [-0.4, -0.2) is 20.8 Å². The van der Waals surface area contributed by atoms with Crippen molar-refractivity contribution in [1.29, 1.82) is 0 Å². The second-order valence-electron chi connectivity index (χ2n) is 3.93. The van der Waals surface area contributed by atoms with Crippen LogP contribution in [0, 0.1) is 5.92 Å². The minimum atomic E-state index is 0.192. The maximum absolute atomic E-state index is 6.08. The van der Waals surface area contributed by atoms with Gasteiger partial charge >= 0.3 is 0 Å². The molecular formula is C10H20N4. The Morgan fingerprint density at radius 2 is 2.29 bits per heavy atom. The summed E-state index contributed by atoms with van der Waals surface area (Å²) in [4.78, 5) is 4.17. The van der Waals surface area contributed by atoms with E-state index in [9.17, 15) is 0 Å². The van der Waals surface area contributed by atoms with Gasteiger partial charge in [0.05, 0.1) is 0 Å². The van der Waals surface area contributed by atoms with Gasteiger partial charge in [0.25, 0.3) is 0 Å². The van der Waals surface area contributed by atoms with E-state index in [0.29, 0.717) is 5.92 Å². The van der Waals surface area contributed by atoms with Crippen molar-refractivity contribution in [3.63, 3.8) is 0 Å². The van der Waals surface area contributed by atoms with Crippen LogP contribution in [0.3, 0.4) is 0 Å². The second-order valence-corrected chi connectivity index (χ2v) is 3.93. The highest BCUT2D eigenvalue weighted by molar-refractivity contribution is 4.89. The fourth-order valence-electron chi connectivity index (χ4n) is 1.59. The Morgan fingerprint density at radius 1 is 1.57 bits per heavy atom. The van der Waals surface area contributed by atoms with Crippen molar-refractivity contribution in [2.45, 2.75) is 39.2 Å². The highest BCUT2D eigenvalue weighted by atomic mass is 15.3. The molecular weight excluding hydrogens is 176 g/mol. The molecule has 1 aromatic heterocycles. The van der Waals surface area contributed by atoms with Crippen LogP contribution in [0.4, 0.5) is 0 Å². The highest BCUT2D eigenvalue weighted by Crippen LogP contribution is 2.11. The summed E-state index contributed by atoms with van der Waals surface area (Å²) in [7, 11) is 1.90. The summed E-state index contributed by atoms with van der Waals surface area (Å²) in [5, 5.41) is 4.02. The Morgan fingerprint density at radius 3 is 2.79 bits per heavy atom. The Balaban J connectivity index is 2.48. The summed E-state index contributed by atoms with van der Waals surface area (Å²) in [6.07, 6.45) is 4.76. The van der Waals surface area contributed by atoms with E-state index in [4.69, 9.17) is 5.73 Å². The smallest absolute Gasteiger partial charge is 0.138 e. The molecule has 0 aromatic carbocycles. The Labute approximate surface area is 85.5 Å². The molecule has 0 bridgehead atoms. The van der Waals surface area contributed by atoms with Gasteiger partial charge in [-0.15, -0.1) is 0 Å². The number of aromatic nitrogens is 3. The third-order valence-electron chi connectivity index (χ3n) is 2.70. The van der Waals surface area contributed by atoms with E-state index in [1.165, 1.54) is 12.8 Å². The average Bonchev–Trinajstić information content (AvgIpc) is 2.52. The van der Waals surface area contributed by atoms with Gasteiger partial charge in [0.2, 0.25) is 0 Å². The Hall–Kier alpha value is -0.900. The molecule has 0 aliphatic heterocycles. The van der Waals surface area contributed by atoms with Crippen LogP contribution in [0.1, 0.15) is 32.5 Å². The third kappa shape index (κ3) is 2.80. The van der Waals surface area contributed by atoms with Gasteiger partial charge in [-0.05, 0) is 12.3 Å². The first-order chi connectivity index (χ1) is 6.65. The van der Waals surface area contributed by atoms with Crippen molar-refractivity contribution >= 4 is 0 Å². The average molecular weight is 196 g/mol. The number of nitrogens with two attached hydrogens (primary N) is 1. The van der Waals surface area contributed by atoms with Crippen LogP contribution >= 0.6 is 0 Å². The predicted octanol–water partition coefficient (Wildman–Crippen LogP) is 1.12. The van der Waals surface area contributed by atoms with E-state index >= 15 is 0 Å². The first-order valence-corrected chi connectivity index (χ1v) is 5.23. The van der Waals surface area contributed by atoms with Gasteiger partial charge in [0.15, 0.2) is 0 Å². The van der Waals surface area contributed by atoms with Crippen molar-refractivity contribution in [2.24, 2.45) is 18.7 Å². The molecule has 0 fully saturated rings.